The Morgan fingerprint density at radius 1 is 1.44 bits per heavy atom. The van der Waals surface area contributed by atoms with Gasteiger partial charge in [0.05, 0.1) is 11.0 Å². The van der Waals surface area contributed by atoms with Crippen molar-refractivity contribution in [1.29, 1.82) is 0 Å². The molecule has 16 heavy (non-hydrogen) atoms. The Bertz CT molecular complexity index is 506. The smallest absolute Gasteiger partial charge is 0.203 e. The first-order valence-electron chi connectivity index (χ1n) is 5.68. The summed E-state index contributed by atoms with van der Waals surface area (Å²) in [5.41, 5.74) is 2.21. The van der Waals surface area contributed by atoms with Crippen molar-refractivity contribution in [3.05, 3.63) is 24.3 Å². The van der Waals surface area contributed by atoms with Gasteiger partial charge in [-0.05, 0) is 24.5 Å². The fourth-order valence-corrected chi connectivity index (χ4v) is 2.33. The van der Waals surface area contributed by atoms with Gasteiger partial charge in [-0.2, -0.15) is 0 Å². The SMILES string of the molecule is OCCC1CNc2nc3ccccc3n2C1. The van der Waals surface area contributed by atoms with Crippen molar-refractivity contribution in [1.82, 2.24) is 9.55 Å². The average Bonchev–Trinajstić information content (AvgIpc) is 2.68. The van der Waals surface area contributed by atoms with Gasteiger partial charge < -0.3 is 15.0 Å². The normalized spacial score (nSPS) is 19.4. The highest BCUT2D eigenvalue weighted by molar-refractivity contribution is 5.78. The number of imidazole rings is 1. The quantitative estimate of drug-likeness (QED) is 0.800. The van der Waals surface area contributed by atoms with Crippen LogP contribution in [0, 0.1) is 5.92 Å². The topological polar surface area (TPSA) is 50.1 Å². The Morgan fingerprint density at radius 2 is 2.31 bits per heavy atom. The van der Waals surface area contributed by atoms with E-state index in [1.54, 1.807) is 0 Å². The molecule has 0 radical (unpaired) electrons. The first-order valence-corrected chi connectivity index (χ1v) is 5.68. The number of hydrogen-bond acceptors (Lipinski definition) is 3. The standard InChI is InChI=1S/C12H15N3O/c16-6-5-9-7-13-12-14-10-3-1-2-4-11(10)15(12)8-9/h1-4,9,16H,5-8H2,(H,13,14). The minimum absolute atomic E-state index is 0.258. The Hall–Kier alpha value is -1.55. The molecular weight excluding hydrogens is 202 g/mol. The van der Waals surface area contributed by atoms with E-state index in [1.807, 2.05) is 18.2 Å². The van der Waals surface area contributed by atoms with E-state index in [0.29, 0.717) is 5.92 Å². The lowest BCUT2D eigenvalue weighted by atomic mass is 10.0. The van der Waals surface area contributed by atoms with E-state index in [9.17, 15) is 0 Å². The molecule has 0 fully saturated rings. The maximum atomic E-state index is 8.98. The molecule has 0 saturated heterocycles. The monoisotopic (exact) mass is 217 g/mol. The minimum atomic E-state index is 0.258. The van der Waals surface area contributed by atoms with Gasteiger partial charge >= 0.3 is 0 Å². The number of benzene rings is 1. The summed E-state index contributed by atoms with van der Waals surface area (Å²) < 4.78 is 2.21. The molecule has 3 rings (SSSR count). The van der Waals surface area contributed by atoms with Gasteiger partial charge in [0.25, 0.3) is 0 Å². The van der Waals surface area contributed by atoms with E-state index in [1.165, 1.54) is 5.52 Å². The summed E-state index contributed by atoms with van der Waals surface area (Å²) in [5.74, 6) is 1.45. The lowest BCUT2D eigenvalue weighted by Crippen LogP contribution is -2.28. The largest absolute Gasteiger partial charge is 0.396 e. The second kappa shape index (κ2) is 3.79. The summed E-state index contributed by atoms with van der Waals surface area (Å²) in [5, 5.41) is 12.3. The number of fused-ring (bicyclic) bond motifs is 3. The number of aliphatic hydroxyl groups excluding tert-OH is 1. The number of nitrogens with one attached hydrogen (secondary N) is 1. The van der Waals surface area contributed by atoms with E-state index < -0.39 is 0 Å². The fraction of sp³-hybridized carbons (Fsp3) is 0.417. The first-order chi connectivity index (χ1) is 7.88. The zero-order valence-corrected chi connectivity index (χ0v) is 9.06. The van der Waals surface area contributed by atoms with Crippen molar-refractivity contribution < 1.29 is 5.11 Å². The first kappa shape index (κ1) is 9.66. The summed E-state index contributed by atoms with van der Waals surface area (Å²) in [4.78, 5) is 4.54. The van der Waals surface area contributed by atoms with Crippen LogP contribution in [0.2, 0.25) is 0 Å². The van der Waals surface area contributed by atoms with Crippen LogP contribution >= 0.6 is 0 Å². The second-order valence-corrected chi connectivity index (χ2v) is 4.29. The van der Waals surface area contributed by atoms with Crippen LogP contribution in [-0.2, 0) is 6.54 Å². The zero-order chi connectivity index (χ0) is 11.0. The van der Waals surface area contributed by atoms with Crippen molar-refractivity contribution in [3.63, 3.8) is 0 Å². The number of nitrogens with zero attached hydrogens (tertiary/aromatic N) is 2. The Morgan fingerprint density at radius 3 is 3.19 bits per heavy atom. The Balaban J connectivity index is 2.01. The van der Waals surface area contributed by atoms with Crippen LogP contribution in [0.15, 0.2) is 24.3 Å². The van der Waals surface area contributed by atoms with Crippen LogP contribution in [0.4, 0.5) is 5.95 Å². The summed E-state index contributed by atoms with van der Waals surface area (Å²) in [6, 6.07) is 8.16. The summed E-state index contributed by atoms with van der Waals surface area (Å²) in [7, 11) is 0. The third-order valence-electron chi connectivity index (χ3n) is 3.18. The minimum Gasteiger partial charge on any atom is -0.396 e. The lowest BCUT2D eigenvalue weighted by molar-refractivity contribution is 0.248. The van der Waals surface area contributed by atoms with Gasteiger partial charge in [0.1, 0.15) is 0 Å². The summed E-state index contributed by atoms with van der Waals surface area (Å²) >= 11 is 0. The maximum absolute atomic E-state index is 8.98. The zero-order valence-electron chi connectivity index (χ0n) is 9.06. The molecule has 2 aromatic rings. The molecule has 2 heterocycles. The molecule has 0 amide bonds. The molecule has 1 atom stereocenters. The highest BCUT2D eigenvalue weighted by Gasteiger charge is 2.20. The van der Waals surface area contributed by atoms with Crippen LogP contribution < -0.4 is 5.32 Å². The van der Waals surface area contributed by atoms with Crippen molar-refractivity contribution in [3.8, 4) is 0 Å². The van der Waals surface area contributed by atoms with Crippen LogP contribution in [-0.4, -0.2) is 27.8 Å². The molecule has 1 aliphatic rings. The van der Waals surface area contributed by atoms with Crippen LogP contribution in [0.5, 0.6) is 0 Å². The van der Waals surface area contributed by atoms with Crippen LogP contribution in [0.3, 0.4) is 0 Å². The average molecular weight is 217 g/mol. The molecule has 0 aliphatic carbocycles. The number of aromatic nitrogens is 2. The number of hydrogen-bond donors (Lipinski definition) is 2. The fourth-order valence-electron chi connectivity index (χ4n) is 2.33. The number of aliphatic hydroxyl groups is 1. The Kier molecular flexibility index (Phi) is 2.29. The van der Waals surface area contributed by atoms with Crippen molar-refractivity contribution in [2.24, 2.45) is 5.92 Å². The molecule has 0 saturated carbocycles. The third-order valence-corrected chi connectivity index (χ3v) is 3.18. The predicted molar refractivity (Wildman–Crippen MR) is 63.4 cm³/mol. The van der Waals surface area contributed by atoms with Crippen molar-refractivity contribution in [2.75, 3.05) is 18.5 Å². The molecule has 84 valence electrons. The van der Waals surface area contributed by atoms with Gasteiger partial charge in [0.15, 0.2) is 0 Å². The van der Waals surface area contributed by atoms with E-state index in [0.717, 1.165) is 31.0 Å². The van der Waals surface area contributed by atoms with Gasteiger partial charge in [-0.15, -0.1) is 0 Å². The molecule has 1 aromatic carbocycles. The van der Waals surface area contributed by atoms with Gasteiger partial charge in [-0.1, -0.05) is 12.1 Å². The van der Waals surface area contributed by atoms with E-state index >= 15 is 0 Å². The van der Waals surface area contributed by atoms with Crippen molar-refractivity contribution in [2.45, 2.75) is 13.0 Å². The molecule has 0 bridgehead atoms. The molecule has 4 heteroatoms. The molecular formula is C12H15N3O. The van der Waals surface area contributed by atoms with Gasteiger partial charge in [-0.25, -0.2) is 4.98 Å². The summed E-state index contributed by atoms with van der Waals surface area (Å²) in [6.07, 6.45) is 0.846. The van der Waals surface area contributed by atoms with Gasteiger partial charge in [0, 0.05) is 19.7 Å². The maximum Gasteiger partial charge on any atom is 0.203 e. The van der Waals surface area contributed by atoms with E-state index in [4.69, 9.17) is 5.11 Å². The molecule has 1 aliphatic heterocycles. The van der Waals surface area contributed by atoms with Crippen LogP contribution in [0.25, 0.3) is 11.0 Å². The second-order valence-electron chi connectivity index (χ2n) is 4.29. The highest BCUT2D eigenvalue weighted by atomic mass is 16.3. The molecule has 0 spiro atoms. The molecule has 1 aromatic heterocycles. The molecule has 2 N–H and O–H groups in total. The third kappa shape index (κ3) is 1.46. The number of rotatable bonds is 2. The van der Waals surface area contributed by atoms with Gasteiger partial charge in [0.2, 0.25) is 5.95 Å². The highest BCUT2D eigenvalue weighted by Crippen LogP contribution is 2.25. The van der Waals surface area contributed by atoms with E-state index in [2.05, 4.69) is 20.9 Å². The van der Waals surface area contributed by atoms with E-state index in [-0.39, 0.29) is 6.61 Å². The Labute approximate surface area is 93.9 Å². The van der Waals surface area contributed by atoms with Crippen LogP contribution in [0.1, 0.15) is 6.42 Å². The predicted octanol–water partition coefficient (Wildman–Crippen LogP) is 1.46. The lowest BCUT2D eigenvalue weighted by Gasteiger charge is -2.24. The summed E-state index contributed by atoms with van der Waals surface area (Å²) in [6.45, 7) is 2.11. The number of para-hydroxylation sites is 2. The van der Waals surface area contributed by atoms with Crippen molar-refractivity contribution >= 4 is 17.0 Å². The molecule has 4 nitrogen and oxygen atoms in total. The van der Waals surface area contributed by atoms with Gasteiger partial charge in [-0.3, -0.25) is 0 Å². The number of anilines is 1. The molecule has 1 unspecified atom stereocenters.